The van der Waals surface area contributed by atoms with Crippen LogP contribution in [0.3, 0.4) is 0 Å². The number of nitrogens with zero attached hydrogens (tertiary/aromatic N) is 3. The van der Waals surface area contributed by atoms with Crippen molar-refractivity contribution >= 4 is 28.7 Å². The van der Waals surface area contributed by atoms with E-state index in [0.29, 0.717) is 12.3 Å². The van der Waals surface area contributed by atoms with Crippen molar-refractivity contribution < 1.29 is 9.53 Å². The van der Waals surface area contributed by atoms with Crippen molar-refractivity contribution in [1.29, 1.82) is 0 Å². The molecular weight excluding hydrogens is 360 g/mol. The standard InChI is InChI=1S/C20H20N4O4/c1-4-28-15-8-5-13(6-9-15)7-10-17(25)22-14-11-16-18(21-12-14)23(2)20(27)24(3)19(16)26/h5-12H,4H2,1-3H3,(H,22,25)/b10-7+. The van der Waals surface area contributed by atoms with E-state index >= 15 is 0 Å². The van der Waals surface area contributed by atoms with Gasteiger partial charge in [0.2, 0.25) is 5.91 Å². The van der Waals surface area contributed by atoms with Crippen LogP contribution < -0.4 is 21.3 Å². The van der Waals surface area contributed by atoms with Gasteiger partial charge >= 0.3 is 5.69 Å². The number of nitrogens with one attached hydrogen (secondary N) is 1. The maximum absolute atomic E-state index is 12.3. The summed E-state index contributed by atoms with van der Waals surface area (Å²) in [7, 11) is 2.93. The quantitative estimate of drug-likeness (QED) is 0.680. The third kappa shape index (κ3) is 3.85. The summed E-state index contributed by atoms with van der Waals surface area (Å²) in [6.07, 6.45) is 4.46. The number of benzene rings is 1. The van der Waals surface area contributed by atoms with Gasteiger partial charge in [-0.05, 0) is 36.8 Å². The van der Waals surface area contributed by atoms with Crippen molar-refractivity contribution in [3.05, 3.63) is 69.0 Å². The Bertz CT molecular complexity index is 1170. The number of carbonyl (C=O) groups excluding carboxylic acids is 1. The third-order valence-corrected chi connectivity index (χ3v) is 4.18. The van der Waals surface area contributed by atoms with E-state index < -0.39 is 11.2 Å². The molecule has 0 saturated carbocycles. The molecule has 3 rings (SSSR count). The van der Waals surface area contributed by atoms with Gasteiger partial charge in [-0.2, -0.15) is 0 Å². The molecule has 0 bridgehead atoms. The lowest BCUT2D eigenvalue weighted by Gasteiger charge is -2.08. The molecule has 0 atom stereocenters. The van der Waals surface area contributed by atoms with Crippen LogP contribution in [-0.2, 0) is 18.9 Å². The highest BCUT2D eigenvalue weighted by atomic mass is 16.5. The monoisotopic (exact) mass is 380 g/mol. The highest BCUT2D eigenvalue weighted by Crippen LogP contribution is 2.14. The zero-order chi connectivity index (χ0) is 20.3. The summed E-state index contributed by atoms with van der Waals surface area (Å²) >= 11 is 0. The van der Waals surface area contributed by atoms with Crippen LogP contribution in [0.1, 0.15) is 12.5 Å². The molecule has 0 spiro atoms. The van der Waals surface area contributed by atoms with Crippen LogP contribution in [0.5, 0.6) is 5.75 Å². The second-order valence-electron chi connectivity index (χ2n) is 6.13. The molecule has 8 heteroatoms. The number of hydrogen-bond donors (Lipinski definition) is 1. The first kappa shape index (κ1) is 19.1. The topological polar surface area (TPSA) is 95.2 Å². The van der Waals surface area contributed by atoms with E-state index in [2.05, 4.69) is 10.3 Å². The number of amides is 1. The van der Waals surface area contributed by atoms with Crippen LogP contribution >= 0.6 is 0 Å². The Kier molecular flexibility index (Phi) is 5.39. The molecule has 1 amide bonds. The molecule has 0 aliphatic heterocycles. The van der Waals surface area contributed by atoms with Crippen LogP contribution in [-0.4, -0.2) is 26.6 Å². The Balaban J connectivity index is 1.79. The molecule has 0 aliphatic rings. The minimum atomic E-state index is -0.466. The molecule has 2 heterocycles. The molecule has 0 saturated heterocycles. The lowest BCUT2D eigenvalue weighted by molar-refractivity contribution is -0.111. The molecule has 0 unspecified atom stereocenters. The first-order valence-corrected chi connectivity index (χ1v) is 8.68. The van der Waals surface area contributed by atoms with Crippen molar-refractivity contribution in [2.45, 2.75) is 6.92 Å². The summed E-state index contributed by atoms with van der Waals surface area (Å²) in [6, 6.07) is 8.85. The van der Waals surface area contributed by atoms with E-state index in [-0.39, 0.29) is 16.9 Å². The molecule has 28 heavy (non-hydrogen) atoms. The fourth-order valence-electron chi connectivity index (χ4n) is 2.73. The molecule has 1 N–H and O–H groups in total. The van der Waals surface area contributed by atoms with E-state index in [1.54, 1.807) is 6.08 Å². The molecular formula is C20H20N4O4. The summed E-state index contributed by atoms with van der Waals surface area (Å²) in [5, 5.41) is 2.92. The molecule has 0 radical (unpaired) electrons. The van der Waals surface area contributed by atoms with Crippen LogP contribution in [0.2, 0.25) is 0 Å². The highest BCUT2D eigenvalue weighted by Gasteiger charge is 2.10. The van der Waals surface area contributed by atoms with E-state index in [9.17, 15) is 14.4 Å². The van der Waals surface area contributed by atoms with Crippen molar-refractivity contribution in [3.63, 3.8) is 0 Å². The molecule has 8 nitrogen and oxygen atoms in total. The second-order valence-corrected chi connectivity index (χ2v) is 6.13. The zero-order valence-electron chi connectivity index (χ0n) is 15.8. The smallest absolute Gasteiger partial charge is 0.332 e. The average molecular weight is 380 g/mol. The van der Waals surface area contributed by atoms with Crippen molar-refractivity contribution in [2.75, 3.05) is 11.9 Å². The maximum atomic E-state index is 12.3. The van der Waals surface area contributed by atoms with Crippen LogP contribution in [0.25, 0.3) is 17.1 Å². The summed E-state index contributed by atoms with van der Waals surface area (Å²) < 4.78 is 7.66. The van der Waals surface area contributed by atoms with Crippen LogP contribution in [0.4, 0.5) is 5.69 Å². The molecule has 1 aromatic carbocycles. The fourth-order valence-corrected chi connectivity index (χ4v) is 2.73. The van der Waals surface area contributed by atoms with Gasteiger partial charge in [0.05, 0.1) is 23.9 Å². The normalized spacial score (nSPS) is 11.1. The summed E-state index contributed by atoms with van der Waals surface area (Å²) in [4.78, 5) is 40.6. The number of ether oxygens (including phenoxy) is 1. The van der Waals surface area contributed by atoms with E-state index in [4.69, 9.17) is 4.74 Å². The van der Waals surface area contributed by atoms with E-state index in [0.717, 1.165) is 15.9 Å². The SMILES string of the molecule is CCOc1ccc(/C=C/C(=O)Nc2cnc3c(c2)c(=O)n(C)c(=O)n3C)cc1. The van der Waals surface area contributed by atoms with Gasteiger partial charge in [-0.3, -0.25) is 18.7 Å². The Morgan fingerprint density at radius 2 is 1.89 bits per heavy atom. The predicted octanol–water partition coefficient (Wildman–Crippen LogP) is 1.68. The lowest BCUT2D eigenvalue weighted by Crippen LogP contribution is -2.37. The first-order chi connectivity index (χ1) is 13.4. The van der Waals surface area contributed by atoms with Crippen molar-refractivity contribution in [3.8, 4) is 5.75 Å². The molecule has 0 aliphatic carbocycles. The third-order valence-electron chi connectivity index (χ3n) is 4.18. The number of hydrogen-bond acceptors (Lipinski definition) is 5. The van der Waals surface area contributed by atoms with Gasteiger partial charge in [0, 0.05) is 20.2 Å². The fraction of sp³-hybridized carbons (Fsp3) is 0.200. The van der Waals surface area contributed by atoms with E-state index in [1.165, 1.54) is 37.0 Å². The number of carbonyl (C=O) groups is 1. The Labute approximate surface area is 160 Å². The van der Waals surface area contributed by atoms with E-state index in [1.807, 2.05) is 31.2 Å². The molecule has 3 aromatic rings. The van der Waals surface area contributed by atoms with Gasteiger partial charge in [-0.15, -0.1) is 0 Å². The van der Waals surface area contributed by atoms with Gasteiger partial charge in [0.15, 0.2) is 0 Å². The van der Waals surface area contributed by atoms with Gasteiger partial charge in [-0.25, -0.2) is 9.78 Å². The minimum absolute atomic E-state index is 0.248. The molecule has 2 aromatic heterocycles. The Morgan fingerprint density at radius 3 is 2.57 bits per heavy atom. The van der Waals surface area contributed by atoms with Gasteiger partial charge in [0.25, 0.3) is 5.56 Å². The average Bonchev–Trinajstić information content (AvgIpc) is 2.70. The molecule has 144 valence electrons. The zero-order valence-corrected chi connectivity index (χ0v) is 15.8. The van der Waals surface area contributed by atoms with Crippen molar-refractivity contribution in [1.82, 2.24) is 14.1 Å². The maximum Gasteiger partial charge on any atom is 0.332 e. The Morgan fingerprint density at radius 1 is 1.18 bits per heavy atom. The Hall–Kier alpha value is -3.68. The van der Waals surface area contributed by atoms with Crippen LogP contribution in [0, 0.1) is 0 Å². The lowest BCUT2D eigenvalue weighted by atomic mass is 10.2. The summed E-state index contributed by atoms with van der Waals surface area (Å²) in [5.41, 5.74) is 0.548. The highest BCUT2D eigenvalue weighted by molar-refractivity contribution is 6.02. The summed E-state index contributed by atoms with van der Waals surface area (Å²) in [6.45, 7) is 2.50. The molecule has 0 fully saturated rings. The number of aryl methyl sites for hydroxylation is 1. The number of anilines is 1. The number of rotatable bonds is 5. The van der Waals surface area contributed by atoms with Crippen LogP contribution in [0.15, 0.2) is 52.2 Å². The number of fused-ring (bicyclic) bond motifs is 1. The van der Waals surface area contributed by atoms with Gasteiger partial charge in [0.1, 0.15) is 11.4 Å². The first-order valence-electron chi connectivity index (χ1n) is 8.68. The van der Waals surface area contributed by atoms with Gasteiger partial charge in [-0.1, -0.05) is 12.1 Å². The minimum Gasteiger partial charge on any atom is -0.494 e. The summed E-state index contributed by atoms with van der Waals surface area (Å²) in [5.74, 6) is 0.402. The number of pyridine rings is 1. The number of aromatic nitrogens is 3. The predicted molar refractivity (Wildman–Crippen MR) is 107 cm³/mol. The van der Waals surface area contributed by atoms with Crippen molar-refractivity contribution in [2.24, 2.45) is 14.1 Å². The second kappa shape index (κ2) is 7.91. The van der Waals surface area contributed by atoms with Gasteiger partial charge < -0.3 is 10.1 Å². The largest absolute Gasteiger partial charge is 0.494 e.